The third kappa shape index (κ3) is 5.19. The van der Waals surface area contributed by atoms with E-state index in [2.05, 4.69) is 21.2 Å². The van der Waals surface area contributed by atoms with Gasteiger partial charge in [-0.3, -0.25) is 4.79 Å². The van der Waals surface area contributed by atoms with Crippen LogP contribution in [0.1, 0.15) is 0 Å². The summed E-state index contributed by atoms with van der Waals surface area (Å²) in [6.07, 6.45) is 0. The summed E-state index contributed by atoms with van der Waals surface area (Å²) in [5, 5.41) is 2.99. The number of likely N-dealkylation sites (N-methyl/N-ethyl adjacent to an activating group) is 2. The lowest BCUT2D eigenvalue weighted by molar-refractivity contribution is -0.131. The van der Waals surface area contributed by atoms with Crippen molar-refractivity contribution < 1.29 is 9.53 Å². The van der Waals surface area contributed by atoms with Crippen LogP contribution < -0.4 is 10.1 Å². The predicted octanol–water partition coefficient (Wildman–Crippen LogP) is 1.51. The van der Waals surface area contributed by atoms with Gasteiger partial charge >= 0.3 is 0 Å². The van der Waals surface area contributed by atoms with E-state index in [1.165, 1.54) is 0 Å². The van der Waals surface area contributed by atoms with Crippen molar-refractivity contribution in [3.8, 4) is 5.75 Å². The maximum atomic E-state index is 11.7. The lowest BCUT2D eigenvalue weighted by Gasteiger charge is -2.17. The highest BCUT2D eigenvalue weighted by Gasteiger charge is 2.08. The minimum Gasteiger partial charge on any atom is -0.484 e. The third-order valence-electron chi connectivity index (χ3n) is 2.28. The molecule has 94 valence electrons. The molecule has 1 amide bonds. The normalized spacial score (nSPS) is 10.1. The molecule has 0 radical (unpaired) electrons. The van der Waals surface area contributed by atoms with E-state index in [-0.39, 0.29) is 12.5 Å². The summed E-state index contributed by atoms with van der Waals surface area (Å²) in [6.45, 7) is 1.52. The molecule has 0 fully saturated rings. The smallest absolute Gasteiger partial charge is 0.260 e. The Kier molecular flexibility index (Phi) is 6.00. The van der Waals surface area contributed by atoms with Crippen LogP contribution in [-0.4, -0.2) is 44.6 Å². The van der Waals surface area contributed by atoms with Crippen molar-refractivity contribution in [2.24, 2.45) is 0 Å². The second-order valence-corrected chi connectivity index (χ2v) is 4.58. The molecule has 0 bridgehead atoms. The van der Waals surface area contributed by atoms with Crippen LogP contribution in [0.2, 0.25) is 0 Å². The highest BCUT2D eigenvalue weighted by molar-refractivity contribution is 9.10. The number of ether oxygens (including phenoxy) is 1. The van der Waals surface area contributed by atoms with Gasteiger partial charge in [-0.15, -0.1) is 0 Å². The Hall–Kier alpha value is -1.07. The van der Waals surface area contributed by atoms with Gasteiger partial charge < -0.3 is 15.0 Å². The Labute approximate surface area is 110 Å². The molecule has 4 nitrogen and oxygen atoms in total. The Morgan fingerprint density at radius 1 is 1.53 bits per heavy atom. The van der Waals surface area contributed by atoms with E-state index in [4.69, 9.17) is 4.74 Å². The lowest BCUT2D eigenvalue weighted by Crippen LogP contribution is -2.35. The van der Waals surface area contributed by atoms with Crippen molar-refractivity contribution in [3.05, 3.63) is 28.7 Å². The number of carbonyl (C=O) groups is 1. The van der Waals surface area contributed by atoms with Crippen LogP contribution in [-0.2, 0) is 4.79 Å². The van der Waals surface area contributed by atoms with Gasteiger partial charge in [0, 0.05) is 24.6 Å². The van der Waals surface area contributed by atoms with E-state index in [9.17, 15) is 4.79 Å². The summed E-state index contributed by atoms with van der Waals surface area (Å²) in [5.74, 6) is 0.662. The standard InChI is InChI=1S/C12H17BrN2O2/c1-14-6-7-15(2)12(16)9-17-11-5-3-4-10(13)8-11/h3-5,8,14H,6-7,9H2,1-2H3. The fourth-order valence-electron chi connectivity index (χ4n) is 1.22. The number of hydrogen-bond donors (Lipinski definition) is 1. The van der Waals surface area contributed by atoms with Gasteiger partial charge in [0.2, 0.25) is 0 Å². The largest absolute Gasteiger partial charge is 0.484 e. The SMILES string of the molecule is CNCCN(C)C(=O)COc1cccc(Br)c1. The molecule has 1 N–H and O–H groups in total. The molecular weight excluding hydrogens is 284 g/mol. The van der Waals surface area contributed by atoms with E-state index in [0.717, 1.165) is 11.0 Å². The number of nitrogens with one attached hydrogen (secondary N) is 1. The quantitative estimate of drug-likeness (QED) is 0.866. The number of amides is 1. The fraction of sp³-hybridized carbons (Fsp3) is 0.417. The molecular formula is C12H17BrN2O2. The van der Waals surface area contributed by atoms with Crippen molar-refractivity contribution in [2.75, 3.05) is 33.8 Å². The second kappa shape index (κ2) is 7.29. The van der Waals surface area contributed by atoms with Gasteiger partial charge in [0.05, 0.1) is 0 Å². The van der Waals surface area contributed by atoms with Gasteiger partial charge in [0.25, 0.3) is 5.91 Å². The number of halogens is 1. The molecule has 0 saturated heterocycles. The Balaban J connectivity index is 2.37. The number of hydrogen-bond acceptors (Lipinski definition) is 3. The van der Waals surface area contributed by atoms with Gasteiger partial charge in [-0.05, 0) is 25.2 Å². The topological polar surface area (TPSA) is 41.6 Å². The molecule has 0 aliphatic heterocycles. The van der Waals surface area contributed by atoms with Gasteiger partial charge in [-0.2, -0.15) is 0 Å². The molecule has 0 heterocycles. The molecule has 1 rings (SSSR count). The zero-order chi connectivity index (χ0) is 12.7. The highest BCUT2D eigenvalue weighted by Crippen LogP contribution is 2.17. The first-order valence-corrected chi connectivity index (χ1v) is 6.19. The maximum absolute atomic E-state index is 11.7. The second-order valence-electron chi connectivity index (χ2n) is 3.66. The molecule has 0 aliphatic rings. The summed E-state index contributed by atoms with van der Waals surface area (Å²) in [7, 11) is 3.63. The molecule has 1 aromatic rings. The zero-order valence-electron chi connectivity index (χ0n) is 10.1. The van der Waals surface area contributed by atoms with Crippen LogP contribution in [0.15, 0.2) is 28.7 Å². The Morgan fingerprint density at radius 3 is 2.94 bits per heavy atom. The molecule has 0 spiro atoms. The minimum absolute atomic E-state index is 0.0276. The van der Waals surface area contributed by atoms with Crippen molar-refractivity contribution in [2.45, 2.75) is 0 Å². The average molecular weight is 301 g/mol. The third-order valence-corrected chi connectivity index (χ3v) is 2.77. The minimum atomic E-state index is -0.0276. The van der Waals surface area contributed by atoms with E-state index >= 15 is 0 Å². The van der Waals surface area contributed by atoms with Crippen LogP contribution in [0, 0.1) is 0 Å². The fourth-order valence-corrected chi connectivity index (χ4v) is 1.59. The molecule has 0 aromatic heterocycles. The van der Waals surface area contributed by atoms with E-state index in [0.29, 0.717) is 12.3 Å². The van der Waals surface area contributed by atoms with Crippen molar-refractivity contribution in [1.29, 1.82) is 0 Å². The molecule has 0 unspecified atom stereocenters. The number of nitrogens with zero attached hydrogens (tertiary/aromatic N) is 1. The summed E-state index contributed by atoms with van der Waals surface area (Å²) in [4.78, 5) is 13.3. The average Bonchev–Trinajstić information content (AvgIpc) is 2.33. The summed E-state index contributed by atoms with van der Waals surface area (Å²) in [5.41, 5.74) is 0. The Morgan fingerprint density at radius 2 is 2.29 bits per heavy atom. The first kappa shape index (κ1) is 14.0. The zero-order valence-corrected chi connectivity index (χ0v) is 11.7. The molecule has 0 aliphatic carbocycles. The molecule has 17 heavy (non-hydrogen) atoms. The molecule has 5 heteroatoms. The van der Waals surface area contributed by atoms with Crippen LogP contribution in [0.5, 0.6) is 5.75 Å². The maximum Gasteiger partial charge on any atom is 0.260 e. The van der Waals surface area contributed by atoms with E-state index in [1.54, 1.807) is 11.9 Å². The van der Waals surface area contributed by atoms with E-state index < -0.39 is 0 Å². The van der Waals surface area contributed by atoms with Crippen LogP contribution >= 0.6 is 15.9 Å². The molecule has 1 aromatic carbocycles. The Bertz CT molecular complexity index is 371. The van der Waals surface area contributed by atoms with Gasteiger partial charge in [0.1, 0.15) is 5.75 Å². The van der Waals surface area contributed by atoms with Gasteiger partial charge in [-0.25, -0.2) is 0 Å². The summed E-state index contributed by atoms with van der Waals surface area (Å²) in [6, 6.07) is 7.44. The van der Waals surface area contributed by atoms with Crippen molar-refractivity contribution >= 4 is 21.8 Å². The summed E-state index contributed by atoms with van der Waals surface area (Å²) < 4.78 is 6.34. The summed E-state index contributed by atoms with van der Waals surface area (Å²) >= 11 is 3.35. The van der Waals surface area contributed by atoms with Crippen LogP contribution in [0.25, 0.3) is 0 Å². The van der Waals surface area contributed by atoms with Crippen LogP contribution in [0.4, 0.5) is 0 Å². The van der Waals surface area contributed by atoms with Crippen molar-refractivity contribution in [1.82, 2.24) is 10.2 Å². The number of benzene rings is 1. The number of carbonyl (C=O) groups excluding carboxylic acids is 1. The van der Waals surface area contributed by atoms with Gasteiger partial charge in [-0.1, -0.05) is 22.0 Å². The van der Waals surface area contributed by atoms with Crippen LogP contribution in [0.3, 0.4) is 0 Å². The first-order valence-electron chi connectivity index (χ1n) is 5.40. The molecule has 0 saturated carbocycles. The molecule has 0 atom stereocenters. The number of rotatable bonds is 6. The predicted molar refractivity (Wildman–Crippen MR) is 71.2 cm³/mol. The van der Waals surface area contributed by atoms with Crippen molar-refractivity contribution in [3.63, 3.8) is 0 Å². The highest BCUT2D eigenvalue weighted by atomic mass is 79.9. The lowest BCUT2D eigenvalue weighted by atomic mass is 10.3. The van der Waals surface area contributed by atoms with Gasteiger partial charge in [0.15, 0.2) is 6.61 Å². The van der Waals surface area contributed by atoms with E-state index in [1.807, 2.05) is 31.3 Å². The first-order chi connectivity index (χ1) is 8.13. The monoisotopic (exact) mass is 300 g/mol.